The van der Waals surface area contributed by atoms with E-state index < -0.39 is 6.10 Å². The number of hydrogen-bond donors (Lipinski definition) is 1. The number of fused-ring (bicyclic) bond motifs is 1. The molecule has 0 spiro atoms. The zero-order valence-electron chi connectivity index (χ0n) is 14.6. The van der Waals surface area contributed by atoms with Crippen LogP contribution in [0.1, 0.15) is 37.3 Å². The number of aliphatic hydroxyl groups is 1. The molecule has 4 nitrogen and oxygen atoms in total. The predicted molar refractivity (Wildman–Crippen MR) is 99.3 cm³/mol. The lowest BCUT2D eigenvalue weighted by Gasteiger charge is -2.29. The van der Waals surface area contributed by atoms with Gasteiger partial charge in [0.05, 0.1) is 6.10 Å². The highest BCUT2D eigenvalue weighted by molar-refractivity contribution is 5.86. The van der Waals surface area contributed by atoms with Gasteiger partial charge in [-0.1, -0.05) is 42.5 Å². The van der Waals surface area contributed by atoms with Crippen LogP contribution in [0.5, 0.6) is 0 Å². The molecule has 0 saturated carbocycles. The summed E-state index contributed by atoms with van der Waals surface area (Å²) in [6.07, 6.45) is 3.37. The van der Waals surface area contributed by atoms with Crippen LogP contribution in [0.2, 0.25) is 0 Å². The molecule has 132 valence electrons. The van der Waals surface area contributed by atoms with E-state index in [0.29, 0.717) is 25.6 Å². The summed E-state index contributed by atoms with van der Waals surface area (Å²) in [6, 6.07) is 15.4. The zero-order valence-corrected chi connectivity index (χ0v) is 14.6. The standard InChI is InChI=1S/C21H26N2O2/c24-17(15-23-13-5-11-21(23)25)14-22-12-4-10-20(22)19-9-3-7-16-6-1-2-8-18(16)19/h1-3,6-9,17,20,24H,4-5,10-15H2. The number of amides is 1. The third-order valence-electron chi connectivity index (χ3n) is 5.59. The number of aliphatic hydroxyl groups excluding tert-OH is 1. The molecule has 0 aliphatic carbocycles. The molecule has 2 aromatic rings. The van der Waals surface area contributed by atoms with Crippen molar-refractivity contribution in [3.05, 3.63) is 48.0 Å². The van der Waals surface area contributed by atoms with E-state index in [-0.39, 0.29) is 5.91 Å². The van der Waals surface area contributed by atoms with Crippen molar-refractivity contribution in [1.82, 2.24) is 9.80 Å². The Kier molecular flexibility index (Phi) is 4.73. The van der Waals surface area contributed by atoms with E-state index in [1.165, 1.54) is 16.3 Å². The maximum atomic E-state index is 11.8. The van der Waals surface area contributed by atoms with Crippen LogP contribution in [0.25, 0.3) is 10.8 Å². The van der Waals surface area contributed by atoms with Crippen molar-refractivity contribution < 1.29 is 9.90 Å². The van der Waals surface area contributed by atoms with Crippen LogP contribution in [-0.4, -0.2) is 53.1 Å². The fraction of sp³-hybridized carbons (Fsp3) is 0.476. The Balaban J connectivity index is 1.49. The Labute approximate surface area is 149 Å². The molecule has 2 aliphatic heterocycles. The van der Waals surface area contributed by atoms with Gasteiger partial charge in [0.25, 0.3) is 0 Å². The van der Waals surface area contributed by atoms with E-state index >= 15 is 0 Å². The maximum absolute atomic E-state index is 11.8. The topological polar surface area (TPSA) is 43.8 Å². The van der Waals surface area contributed by atoms with Crippen molar-refractivity contribution in [2.45, 2.75) is 37.8 Å². The minimum absolute atomic E-state index is 0.186. The first-order valence-corrected chi connectivity index (χ1v) is 9.40. The van der Waals surface area contributed by atoms with E-state index in [2.05, 4.69) is 47.4 Å². The van der Waals surface area contributed by atoms with Gasteiger partial charge in [-0.2, -0.15) is 0 Å². The smallest absolute Gasteiger partial charge is 0.222 e. The van der Waals surface area contributed by atoms with E-state index in [4.69, 9.17) is 0 Å². The van der Waals surface area contributed by atoms with Crippen LogP contribution in [0.3, 0.4) is 0 Å². The average molecular weight is 338 g/mol. The molecule has 2 fully saturated rings. The molecule has 2 unspecified atom stereocenters. The van der Waals surface area contributed by atoms with Gasteiger partial charge in [0.1, 0.15) is 0 Å². The average Bonchev–Trinajstić information content (AvgIpc) is 3.24. The molecule has 1 amide bonds. The Morgan fingerprint density at radius 1 is 1.04 bits per heavy atom. The number of benzene rings is 2. The summed E-state index contributed by atoms with van der Waals surface area (Å²) in [4.78, 5) is 16.0. The predicted octanol–water partition coefficient (Wildman–Crippen LogP) is 2.96. The van der Waals surface area contributed by atoms with E-state index in [1.807, 2.05) is 4.90 Å². The number of β-amino-alcohol motifs (C(OH)–C–C–N with tert-alkyl or cyclic N) is 1. The number of carbonyl (C=O) groups is 1. The number of nitrogens with zero attached hydrogens (tertiary/aromatic N) is 2. The first-order valence-electron chi connectivity index (χ1n) is 9.40. The van der Waals surface area contributed by atoms with Crippen LogP contribution in [-0.2, 0) is 4.79 Å². The summed E-state index contributed by atoms with van der Waals surface area (Å²) in [5.41, 5.74) is 1.36. The highest BCUT2D eigenvalue weighted by Crippen LogP contribution is 2.35. The molecule has 0 radical (unpaired) electrons. The van der Waals surface area contributed by atoms with Crippen molar-refractivity contribution in [2.24, 2.45) is 0 Å². The SMILES string of the molecule is O=C1CCCN1CC(O)CN1CCCC1c1cccc2ccccc12. The van der Waals surface area contributed by atoms with Crippen LogP contribution >= 0.6 is 0 Å². The van der Waals surface area contributed by atoms with Crippen LogP contribution < -0.4 is 0 Å². The number of hydrogen-bond acceptors (Lipinski definition) is 3. The van der Waals surface area contributed by atoms with Crippen molar-refractivity contribution >= 4 is 16.7 Å². The molecular formula is C21H26N2O2. The lowest BCUT2D eigenvalue weighted by atomic mass is 9.97. The lowest BCUT2D eigenvalue weighted by Crippen LogP contribution is -2.40. The summed E-state index contributed by atoms with van der Waals surface area (Å²) in [7, 11) is 0. The summed E-state index contributed by atoms with van der Waals surface area (Å²) in [5, 5.41) is 13.1. The largest absolute Gasteiger partial charge is 0.390 e. The second kappa shape index (κ2) is 7.14. The summed E-state index contributed by atoms with van der Waals surface area (Å²) in [5.74, 6) is 0.186. The van der Waals surface area contributed by atoms with Crippen molar-refractivity contribution in [3.63, 3.8) is 0 Å². The molecule has 2 saturated heterocycles. The molecule has 0 bridgehead atoms. The number of likely N-dealkylation sites (tertiary alicyclic amines) is 2. The highest BCUT2D eigenvalue weighted by Gasteiger charge is 2.30. The number of carbonyl (C=O) groups excluding carboxylic acids is 1. The van der Waals surface area contributed by atoms with Gasteiger partial charge < -0.3 is 10.0 Å². The number of rotatable bonds is 5. The van der Waals surface area contributed by atoms with E-state index in [1.54, 1.807) is 0 Å². The maximum Gasteiger partial charge on any atom is 0.222 e. The van der Waals surface area contributed by atoms with E-state index in [0.717, 1.165) is 32.4 Å². The second-order valence-electron chi connectivity index (χ2n) is 7.32. The van der Waals surface area contributed by atoms with Gasteiger partial charge in [-0.15, -0.1) is 0 Å². The minimum Gasteiger partial charge on any atom is -0.390 e. The molecule has 2 aliphatic rings. The summed E-state index contributed by atoms with van der Waals surface area (Å²) >= 11 is 0. The monoisotopic (exact) mass is 338 g/mol. The lowest BCUT2D eigenvalue weighted by molar-refractivity contribution is -0.129. The first kappa shape index (κ1) is 16.6. The van der Waals surface area contributed by atoms with Crippen molar-refractivity contribution in [1.29, 1.82) is 0 Å². The molecule has 2 heterocycles. The van der Waals surface area contributed by atoms with Crippen molar-refractivity contribution in [3.8, 4) is 0 Å². The van der Waals surface area contributed by atoms with Crippen LogP contribution in [0, 0.1) is 0 Å². The molecule has 2 aromatic carbocycles. The van der Waals surface area contributed by atoms with E-state index in [9.17, 15) is 9.90 Å². The second-order valence-corrected chi connectivity index (χ2v) is 7.32. The molecule has 4 rings (SSSR count). The van der Waals surface area contributed by atoms with Gasteiger partial charge >= 0.3 is 0 Å². The Morgan fingerprint density at radius 2 is 1.88 bits per heavy atom. The fourth-order valence-corrected chi connectivity index (χ4v) is 4.42. The van der Waals surface area contributed by atoms with Crippen molar-refractivity contribution in [2.75, 3.05) is 26.2 Å². The van der Waals surface area contributed by atoms with Crippen LogP contribution in [0.4, 0.5) is 0 Å². The van der Waals surface area contributed by atoms with Gasteiger partial charge in [-0.05, 0) is 42.1 Å². The summed E-state index contributed by atoms with van der Waals surface area (Å²) < 4.78 is 0. The van der Waals surface area contributed by atoms with Gasteiger partial charge in [0, 0.05) is 32.1 Å². The highest BCUT2D eigenvalue weighted by atomic mass is 16.3. The molecule has 2 atom stereocenters. The van der Waals surface area contributed by atoms with Gasteiger partial charge in [0.15, 0.2) is 0 Å². The Hall–Kier alpha value is -1.91. The normalized spacial score (nSPS) is 22.8. The molecule has 0 aromatic heterocycles. The molecule has 1 N–H and O–H groups in total. The fourth-order valence-electron chi connectivity index (χ4n) is 4.42. The van der Waals surface area contributed by atoms with Gasteiger partial charge in [-0.25, -0.2) is 0 Å². The Bertz CT molecular complexity index is 755. The van der Waals surface area contributed by atoms with Gasteiger partial charge in [0.2, 0.25) is 5.91 Å². The molecular weight excluding hydrogens is 312 g/mol. The Morgan fingerprint density at radius 3 is 2.72 bits per heavy atom. The third-order valence-corrected chi connectivity index (χ3v) is 5.59. The summed E-state index contributed by atoms with van der Waals surface area (Å²) in [6.45, 7) is 2.91. The van der Waals surface area contributed by atoms with Crippen LogP contribution in [0.15, 0.2) is 42.5 Å². The molecule has 25 heavy (non-hydrogen) atoms. The molecule has 4 heteroatoms. The third kappa shape index (κ3) is 3.42. The minimum atomic E-state index is -0.474. The quantitative estimate of drug-likeness (QED) is 0.911. The zero-order chi connectivity index (χ0) is 17.2. The van der Waals surface area contributed by atoms with Gasteiger partial charge in [-0.3, -0.25) is 9.69 Å². The first-order chi connectivity index (χ1) is 12.2.